The Morgan fingerprint density at radius 1 is 1.40 bits per heavy atom. The minimum absolute atomic E-state index is 0.0702. The number of rotatable bonds is 1. The van der Waals surface area contributed by atoms with Gasteiger partial charge in [-0.1, -0.05) is 17.7 Å². The van der Waals surface area contributed by atoms with Crippen LogP contribution in [0.3, 0.4) is 0 Å². The molecule has 0 bridgehead atoms. The van der Waals surface area contributed by atoms with Crippen LogP contribution in [-0.2, 0) is 0 Å². The van der Waals surface area contributed by atoms with Crippen LogP contribution in [0.2, 0.25) is 0 Å². The van der Waals surface area contributed by atoms with Crippen LogP contribution in [0.15, 0.2) is 47.5 Å². The summed E-state index contributed by atoms with van der Waals surface area (Å²) in [5.74, 6) is 0.296. The Morgan fingerprint density at radius 2 is 2.20 bits per heavy atom. The highest BCUT2D eigenvalue weighted by Gasteiger charge is 2.24. The molecule has 0 saturated heterocycles. The van der Waals surface area contributed by atoms with Gasteiger partial charge in [-0.2, -0.15) is 0 Å². The van der Waals surface area contributed by atoms with E-state index in [1.807, 2.05) is 25.3 Å². The largest absolute Gasteiger partial charge is 0.384 e. The van der Waals surface area contributed by atoms with Gasteiger partial charge in [0.25, 0.3) is 0 Å². The van der Waals surface area contributed by atoms with E-state index in [9.17, 15) is 4.39 Å². The second kappa shape index (κ2) is 4.05. The van der Waals surface area contributed by atoms with E-state index in [1.165, 1.54) is 5.57 Å². The van der Waals surface area contributed by atoms with Gasteiger partial charge in [0.15, 0.2) is 0 Å². The molecule has 0 spiro atoms. The predicted molar refractivity (Wildman–Crippen MR) is 60.9 cm³/mol. The normalized spacial score (nSPS) is 30.2. The third kappa shape index (κ3) is 2.04. The van der Waals surface area contributed by atoms with Crippen molar-refractivity contribution in [1.29, 1.82) is 0 Å². The molecule has 0 aromatic heterocycles. The van der Waals surface area contributed by atoms with Crippen molar-refractivity contribution in [1.82, 2.24) is 5.32 Å². The summed E-state index contributed by atoms with van der Waals surface area (Å²) in [4.78, 5) is 0. The van der Waals surface area contributed by atoms with Gasteiger partial charge >= 0.3 is 0 Å². The van der Waals surface area contributed by atoms with Gasteiger partial charge in [0, 0.05) is 5.92 Å². The predicted octanol–water partition coefficient (Wildman–Crippen LogP) is 3.24. The van der Waals surface area contributed by atoms with E-state index in [4.69, 9.17) is 0 Å². The van der Waals surface area contributed by atoms with E-state index in [2.05, 4.69) is 18.3 Å². The van der Waals surface area contributed by atoms with Gasteiger partial charge < -0.3 is 5.32 Å². The average Bonchev–Trinajstić information content (AvgIpc) is 2.23. The van der Waals surface area contributed by atoms with E-state index in [-0.39, 0.29) is 5.83 Å². The number of hydrogen-bond donors (Lipinski definition) is 1. The summed E-state index contributed by atoms with van der Waals surface area (Å²) in [6.45, 7) is 3.97. The number of allylic oxidation sites excluding steroid dienone is 5. The molecular weight excluding hydrogens is 189 g/mol. The summed E-state index contributed by atoms with van der Waals surface area (Å²) in [7, 11) is 0. The zero-order chi connectivity index (χ0) is 10.8. The van der Waals surface area contributed by atoms with E-state index in [1.54, 1.807) is 6.08 Å². The van der Waals surface area contributed by atoms with E-state index < -0.39 is 0 Å². The molecule has 1 heterocycles. The van der Waals surface area contributed by atoms with Crippen LogP contribution in [0.1, 0.15) is 20.3 Å². The number of halogens is 1. The van der Waals surface area contributed by atoms with Crippen molar-refractivity contribution in [3.63, 3.8) is 0 Å². The Balaban J connectivity index is 2.12. The standard InChI is InChI=1S/C13H16FN/c1-9-4-3-7-15-13(9)11-5-6-12(14)10(2)8-11/h3-7,11,13,15H,8H2,1-2H3. The van der Waals surface area contributed by atoms with Crippen LogP contribution in [0.5, 0.6) is 0 Å². The van der Waals surface area contributed by atoms with Crippen molar-refractivity contribution in [2.24, 2.45) is 5.92 Å². The summed E-state index contributed by atoms with van der Waals surface area (Å²) < 4.78 is 13.2. The molecule has 0 aromatic carbocycles. The summed E-state index contributed by atoms with van der Waals surface area (Å²) in [6, 6.07) is 0.314. The van der Waals surface area contributed by atoms with E-state index >= 15 is 0 Å². The van der Waals surface area contributed by atoms with E-state index in [0.717, 1.165) is 12.0 Å². The molecule has 2 unspecified atom stereocenters. The minimum atomic E-state index is -0.0702. The lowest BCUT2D eigenvalue weighted by Gasteiger charge is -2.29. The molecule has 2 aliphatic rings. The van der Waals surface area contributed by atoms with Gasteiger partial charge in [0.2, 0.25) is 0 Å². The van der Waals surface area contributed by atoms with Crippen molar-refractivity contribution >= 4 is 0 Å². The highest BCUT2D eigenvalue weighted by Crippen LogP contribution is 2.29. The van der Waals surface area contributed by atoms with Crippen LogP contribution in [0, 0.1) is 5.92 Å². The molecule has 0 radical (unpaired) electrons. The van der Waals surface area contributed by atoms with Crippen LogP contribution in [0.4, 0.5) is 4.39 Å². The fraction of sp³-hybridized carbons (Fsp3) is 0.385. The molecular formula is C13H16FN. The van der Waals surface area contributed by atoms with Crippen LogP contribution < -0.4 is 5.32 Å². The zero-order valence-corrected chi connectivity index (χ0v) is 9.13. The maximum Gasteiger partial charge on any atom is 0.121 e. The monoisotopic (exact) mass is 205 g/mol. The van der Waals surface area contributed by atoms with Gasteiger partial charge in [0.05, 0.1) is 6.04 Å². The highest BCUT2D eigenvalue weighted by molar-refractivity contribution is 5.30. The van der Waals surface area contributed by atoms with Gasteiger partial charge in [-0.3, -0.25) is 0 Å². The van der Waals surface area contributed by atoms with Crippen molar-refractivity contribution in [3.8, 4) is 0 Å². The van der Waals surface area contributed by atoms with Gasteiger partial charge in [-0.15, -0.1) is 0 Å². The third-order valence-corrected chi connectivity index (χ3v) is 3.09. The summed E-state index contributed by atoms with van der Waals surface area (Å²) in [5, 5.41) is 3.33. The Morgan fingerprint density at radius 3 is 2.87 bits per heavy atom. The van der Waals surface area contributed by atoms with E-state index in [0.29, 0.717) is 12.0 Å². The summed E-state index contributed by atoms with van der Waals surface area (Å²) in [5.41, 5.74) is 2.16. The Hall–Kier alpha value is -1.31. The molecule has 1 N–H and O–H groups in total. The zero-order valence-electron chi connectivity index (χ0n) is 9.13. The maximum atomic E-state index is 13.2. The molecule has 0 fully saturated rings. The van der Waals surface area contributed by atoms with Crippen molar-refractivity contribution in [3.05, 3.63) is 47.5 Å². The Kier molecular flexibility index (Phi) is 2.76. The molecule has 2 heteroatoms. The van der Waals surface area contributed by atoms with Crippen molar-refractivity contribution < 1.29 is 4.39 Å². The summed E-state index contributed by atoms with van der Waals surface area (Å²) in [6.07, 6.45) is 10.4. The topological polar surface area (TPSA) is 12.0 Å². The number of nitrogens with one attached hydrogen (secondary N) is 1. The fourth-order valence-corrected chi connectivity index (χ4v) is 2.15. The molecule has 1 aliphatic heterocycles. The second-order valence-electron chi connectivity index (χ2n) is 4.27. The lowest BCUT2D eigenvalue weighted by atomic mass is 9.84. The third-order valence-electron chi connectivity index (χ3n) is 3.09. The minimum Gasteiger partial charge on any atom is -0.384 e. The molecule has 80 valence electrons. The van der Waals surface area contributed by atoms with Crippen LogP contribution in [-0.4, -0.2) is 6.04 Å². The first kappa shape index (κ1) is 10.2. The molecule has 2 atom stereocenters. The Labute approximate surface area is 90.1 Å². The van der Waals surface area contributed by atoms with Gasteiger partial charge in [0.1, 0.15) is 5.83 Å². The smallest absolute Gasteiger partial charge is 0.121 e. The van der Waals surface area contributed by atoms with Crippen molar-refractivity contribution in [2.75, 3.05) is 0 Å². The Bertz CT molecular complexity index is 374. The average molecular weight is 205 g/mol. The number of hydrogen-bond acceptors (Lipinski definition) is 1. The first-order chi connectivity index (χ1) is 7.18. The second-order valence-corrected chi connectivity index (χ2v) is 4.27. The summed E-state index contributed by atoms with van der Waals surface area (Å²) >= 11 is 0. The molecule has 0 aromatic rings. The quantitative estimate of drug-likeness (QED) is 0.693. The lowest BCUT2D eigenvalue weighted by molar-refractivity contribution is 0.475. The SMILES string of the molecule is CC1=CC=CNC1C1C=CC(F)=C(C)C1. The van der Waals surface area contributed by atoms with Gasteiger partial charge in [-0.25, -0.2) is 4.39 Å². The highest BCUT2D eigenvalue weighted by atomic mass is 19.1. The first-order valence-corrected chi connectivity index (χ1v) is 5.31. The lowest BCUT2D eigenvalue weighted by Crippen LogP contribution is -2.35. The fourth-order valence-electron chi connectivity index (χ4n) is 2.15. The van der Waals surface area contributed by atoms with Crippen molar-refractivity contribution in [2.45, 2.75) is 26.3 Å². The molecule has 2 rings (SSSR count). The maximum absolute atomic E-state index is 13.2. The van der Waals surface area contributed by atoms with Crippen LogP contribution >= 0.6 is 0 Å². The molecule has 15 heavy (non-hydrogen) atoms. The molecule has 0 saturated carbocycles. The van der Waals surface area contributed by atoms with Crippen LogP contribution in [0.25, 0.3) is 0 Å². The molecule has 1 nitrogen and oxygen atoms in total. The first-order valence-electron chi connectivity index (χ1n) is 5.31. The van der Waals surface area contributed by atoms with Gasteiger partial charge in [-0.05, 0) is 44.2 Å². The number of dihydropyridines is 1. The molecule has 1 aliphatic carbocycles. The molecule has 0 amide bonds.